The monoisotopic (exact) mass is 249 g/mol. The van der Waals surface area contributed by atoms with E-state index in [-0.39, 0.29) is 6.10 Å². The molecule has 0 amide bonds. The molecule has 0 spiro atoms. The van der Waals surface area contributed by atoms with Crippen LogP contribution in [0.2, 0.25) is 0 Å². The van der Waals surface area contributed by atoms with Crippen LogP contribution in [-0.4, -0.2) is 25.9 Å². The number of nitrogens with one attached hydrogen (secondary N) is 1. The first-order valence-corrected chi connectivity index (χ1v) is 6.78. The van der Waals surface area contributed by atoms with Crippen molar-refractivity contribution in [2.24, 2.45) is 5.92 Å². The minimum atomic E-state index is 0.219. The van der Waals surface area contributed by atoms with E-state index in [1.54, 1.807) is 0 Å². The summed E-state index contributed by atoms with van der Waals surface area (Å²) in [4.78, 5) is 0. The summed E-state index contributed by atoms with van der Waals surface area (Å²) in [6.45, 7) is 7.85. The molecule has 0 saturated carbocycles. The summed E-state index contributed by atoms with van der Waals surface area (Å²) in [6.07, 6.45) is 1.21. The fourth-order valence-electron chi connectivity index (χ4n) is 2.05. The summed E-state index contributed by atoms with van der Waals surface area (Å²) >= 11 is 0. The molecule has 1 saturated heterocycles. The minimum Gasteiger partial charge on any atom is -0.488 e. The molecule has 1 heterocycles. The highest BCUT2D eigenvalue weighted by Gasteiger charge is 2.18. The van der Waals surface area contributed by atoms with Gasteiger partial charge < -0.3 is 14.8 Å². The van der Waals surface area contributed by atoms with E-state index in [9.17, 15) is 0 Å². The number of benzene rings is 1. The fraction of sp³-hybridized carbons (Fsp3) is 0.600. The van der Waals surface area contributed by atoms with E-state index in [1.165, 1.54) is 5.56 Å². The zero-order valence-corrected chi connectivity index (χ0v) is 11.3. The van der Waals surface area contributed by atoms with Gasteiger partial charge in [-0.3, -0.25) is 0 Å². The molecule has 18 heavy (non-hydrogen) atoms. The summed E-state index contributed by atoms with van der Waals surface area (Å²) in [6, 6.07) is 8.25. The summed E-state index contributed by atoms with van der Waals surface area (Å²) in [7, 11) is 0. The Morgan fingerprint density at radius 2 is 2.22 bits per heavy atom. The molecule has 1 unspecified atom stereocenters. The molecule has 1 aromatic carbocycles. The van der Waals surface area contributed by atoms with Crippen molar-refractivity contribution in [1.82, 2.24) is 5.32 Å². The van der Waals surface area contributed by atoms with Gasteiger partial charge in [-0.15, -0.1) is 0 Å². The second-order valence-electron chi connectivity index (χ2n) is 5.24. The number of ether oxygens (including phenoxy) is 2. The Hall–Kier alpha value is -1.06. The van der Waals surface area contributed by atoms with Crippen LogP contribution < -0.4 is 10.1 Å². The van der Waals surface area contributed by atoms with Crippen LogP contribution in [0.3, 0.4) is 0 Å². The Bertz CT molecular complexity index is 359. The van der Waals surface area contributed by atoms with Crippen LogP contribution in [0, 0.1) is 5.92 Å². The first kappa shape index (κ1) is 13.4. The number of para-hydroxylation sites is 1. The van der Waals surface area contributed by atoms with Crippen LogP contribution in [0.5, 0.6) is 5.75 Å². The lowest BCUT2D eigenvalue weighted by Crippen LogP contribution is -2.21. The Morgan fingerprint density at radius 3 is 2.94 bits per heavy atom. The zero-order chi connectivity index (χ0) is 12.8. The maximum Gasteiger partial charge on any atom is 0.124 e. The second-order valence-corrected chi connectivity index (χ2v) is 5.24. The molecule has 0 aromatic heterocycles. The lowest BCUT2D eigenvalue weighted by molar-refractivity contribution is 0.140. The number of rotatable bonds is 6. The quantitative estimate of drug-likeness (QED) is 0.840. The third kappa shape index (κ3) is 4.00. The van der Waals surface area contributed by atoms with Crippen LogP contribution in [0.4, 0.5) is 0 Å². The van der Waals surface area contributed by atoms with Gasteiger partial charge in [0.05, 0.1) is 13.2 Å². The normalized spacial score (nSPS) is 19.4. The predicted molar refractivity (Wildman–Crippen MR) is 72.8 cm³/mol. The average molecular weight is 249 g/mol. The maximum atomic E-state index is 6.00. The van der Waals surface area contributed by atoms with Gasteiger partial charge >= 0.3 is 0 Å². The van der Waals surface area contributed by atoms with Crippen molar-refractivity contribution < 1.29 is 9.47 Å². The average Bonchev–Trinajstić information content (AvgIpc) is 2.84. The molecular weight excluding hydrogens is 226 g/mol. The highest BCUT2D eigenvalue weighted by atomic mass is 16.5. The van der Waals surface area contributed by atoms with E-state index in [0.717, 1.165) is 31.9 Å². The molecule has 100 valence electrons. The Kier molecular flexibility index (Phi) is 5.02. The standard InChI is InChI=1S/C15H23NO2/c1-12(2)9-16-10-13-5-3-4-6-15(13)18-14-7-8-17-11-14/h3-6,12,14,16H,7-11H2,1-2H3. The van der Waals surface area contributed by atoms with Crippen molar-refractivity contribution in [2.75, 3.05) is 19.8 Å². The first-order valence-electron chi connectivity index (χ1n) is 6.78. The summed E-state index contributed by atoms with van der Waals surface area (Å²) < 4.78 is 11.3. The third-order valence-electron chi connectivity index (χ3n) is 3.02. The summed E-state index contributed by atoms with van der Waals surface area (Å²) in [5, 5.41) is 3.46. The molecule has 0 aliphatic carbocycles. The molecule has 0 bridgehead atoms. The minimum absolute atomic E-state index is 0.219. The van der Waals surface area contributed by atoms with E-state index < -0.39 is 0 Å². The number of hydrogen-bond donors (Lipinski definition) is 1. The number of hydrogen-bond acceptors (Lipinski definition) is 3. The topological polar surface area (TPSA) is 30.5 Å². The largest absolute Gasteiger partial charge is 0.488 e. The van der Waals surface area contributed by atoms with E-state index in [4.69, 9.17) is 9.47 Å². The van der Waals surface area contributed by atoms with Gasteiger partial charge in [-0.1, -0.05) is 32.0 Å². The van der Waals surface area contributed by atoms with Crippen LogP contribution in [0.15, 0.2) is 24.3 Å². The molecule has 2 rings (SSSR count). The SMILES string of the molecule is CC(C)CNCc1ccccc1OC1CCOC1. The maximum absolute atomic E-state index is 6.00. The molecular formula is C15H23NO2. The van der Waals surface area contributed by atoms with Crippen LogP contribution >= 0.6 is 0 Å². The van der Waals surface area contributed by atoms with Crippen LogP contribution in [-0.2, 0) is 11.3 Å². The van der Waals surface area contributed by atoms with Gasteiger partial charge in [0.2, 0.25) is 0 Å². The van der Waals surface area contributed by atoms with E-state index >= 15 is 0 Å². The van der Waals surface area contributed by atoms with E-state index in [1.807, 2.05) is 12.1 Å². The van der Waals surface area contributed by atoms with E-state index in [0.29, 0.717) is 12.5 Å². The smallest absolute Gasteiger partial charge is 0.124 e. The molecule has 1 aromatic rings. The van der Waals surface area contributed by atoms with Gasteiger partial charge in [0, 0.05) is 18.5 Å². The lowest BCUT2D eigenvalue weighted by atomic mass is 10.1. The molecule has 3 nitrogen and oxygen atoms in total. The van der Waals surface area contributed by atoms with Crippen molar-refractivity contribution in [1.29, 1.82) is 0 Å². The molecule has 1 aliphatic heterocycles. The van der Waals surface area contributed by atoms with Gasteiger partial charge in [-0.05, 0) is 18.5 Å². The fourth-order valence-corrected chi connectivity index (χ4v) is 2.05. The Morgan fingerprint density at radius 1 is 1.39 bits per heavy atom. The zero-order valence-electron chi connectivity index (χ0n) is 11.3. The van der Waals surface area contributed by atoms with Gasteiger partial charge in [0.1, 0.15) is 11.9 Å². The van der Waals surface area contributed by atoms with Gasteiger partial charge in [0.15, 0.2) is 0 Å². The van der Waals surface area contributed by atoms with Gasteiger partial charge in [0.25, 0.3) is 0 Å². The summed E-state index contributed by atoms with van der Waals surface area (Å²) in [5.74, 6) is 1.66. The first-order chi connectivity index (χ1) is 8.75. The van der Waals surface area contributed by atoms with Gasteiger partial charge in [-0.2, -0.15) is 0 Å². The Labute approximate surface area is 109 Å². The van der Waals surface area contributed by atoms with Crippen molar-refractivity contribution >= 4 is 0 Å². The molecule has 0 radical (unpaired) electrons. The van der Waals surface area contributed by atoms with Crippen molar-refractivity contribution in [3.63, 3.8) is 0 Å². The van der Waals surface area contributed by atoms with Crippen molar-refractivity contribution in [3.8, 4) is 5.75 Å². The molecule has 1 fully saturated rings. The van der Waals surface area contributed by atoms with Crippen molar-refractivity contribution in [2.45, 2.75) is 32.9 Å². The molecule has 3 heteroatoms. The second kappa shape index (κ2) is 6.76. The van der Waals surface area contributed by atoms with Crippen LogP contribution in [0.25, 0.3) is 0 Å². The lowest BCUT2D eigenvalue weighted by Gasteiger charge is -2.16. The highest BCUT2D eigenvalue weighted by molar-refractivity contribution is 5.33. The Balaban J connectivity index is 1.91. The third-order valence-corrected chi connectivity index (χ3v) is 3.02. The molecule has 1 N–H and O–H groups in total. The van der Waals surface area contributed by atoms with Crippen molar-refractivity contribution in [3.05, 3.63) is 29.8 Å². The van der Waals surface area contributed by atoms with E-state index in [2.05, 4.69) is 31.3 Å². The summed E-state index contributed by atoms with van der Waals surface area (Å²) in [5.41, 5.74) is 1.23. The molecule has 1 atom stereocenters. The predicted octanol–water partition coefficient (Wildman–Crippen LogP) is 2.60. The molecule has 1 aliphatic rings. The highest BCUT2D eigenvalue weighted by Crippen LogP contribution is 2.21. The van der Waals surface area contributed by atoms with Gasteiger partial charge in [-0.25, -0.2) is 0 Å². The van der Waals surface area contributed by atoms with Crippen LogP contribution in [0.1, 0.15) is 25.8 Å².